The lowest BCUT2D eigenvalue weighted by Gasteiger charge is -2.34. The van der Waals surface area contributed by atoms with Crippen LogP contribution in [0, 0.1) is 0 Å². The second-order valence-corrected chi connectivity index (χ2v) is 8.49. The Morgan fingerprint density at radius 3 is 2.63 bits per heavy atom. The van der Waals surface area contributed by atoms with Crippen LogP contribution < -0.4 is 10.2 Å². The molecule has 3 aliphatic rings. The predicted octanol–water partition coefficient (Wildman–Crippen LogP) is 3.44. The van der Waals surface area contributed by atoms with Gasteiger partial charge >= 0.3 is 5.97 Å². The summed E-state index contributed by atoms with van der Waals surface area (Å²) in [5, 5.41) is 3.34. The molecule has 0 amide bonds. The molecule has 6 nitrogen and oxygen atoms in total. The van der Waals surface area contributed by atoms with Crippen LogP contribution in [0.3, 0.4) is 0 Å². The maximum absolute atomic E-state index is 13.2. The molecule has 1 aromatic carbocycles. The second kappa shape index (κ2) is 8.64. The largest absolute Gasteiger partial charge is 0.459 e. The van der Waals surface area contributed by atoms with Crippen molar-refractivity contribution in [1.82, 2.24) is 5.32 Å². The highest BCUT2D eigenvalue weighted by Gasteiger charge is 2.39. The first kappa shape index (κ1) is 20.7. The van der Waals surface area contributed by atoms with Gasteiger partial charge in [0, 0.05) is 55.7 Å². The van der Waals surface area contributed by atoms with Crippen LogP contribution in [0.25, 0.3) is 0 Å². The topological polar surface area (TPSA) is 67.9 Å². The summed E-state index contributed by atoms with van der Waals surface area (Å²) in [5.41, 5.74) is 4.96. The number of nitrogens with one attached hydrogen (secondary N) is 1. The van der Waals surface area contributed by atoms with Crippen molar-refractivity contribution >= 4 is 17.4 Å². The van der Waals surface area contributed by atoms with Crippen molar-refractivity contribution in [2.45, 2.75) is 51.0 Å². The zero-order valence-corrected chi connectivity index (χ0v) is 18.0. The van der Waals surface area contributed by atoms with E-state index in [1.165, 1.54) is 0 Å². The van der Waals surface area contributed by atoms with E-state index in [0.717, 1.165) is 54.9 Å². The summed E-state index contributed by atoms with van der Waals surface area (Å²) in [6.45, 7) is 2.87. The summed E-state index contributed by atoms with van der Waals surface area (Å²) in [6, 6.07) is 8.07. The number of carbonyl (C=O) groups excluding carboxylic acids is 2. The number of ketones is 1. The summed E-state index contributed by atoms with van der Waals surface area (Å²) in [5.74, 6) is -0.660. The van der Waals surface area contributed by atoms with Gasteiger partial charge in [-0.25, -0.2) is 4.79 Å². The normalized spacial score (nSPS) is 23.9. The molecule has 1 fully saturated rings. The van der Waals surface area contributed by atoms with E-state index in [1.807, 2.05) is 50.2 Å². The Morgan fingerprint density at radius 2 is 1.97 bits per heavy atom. The highest BCUT2D eigenvalue weighted by molar-refractivity contribution is 6.03. The number of hydrogen-bond donors (Lipinski definition) is 1. The van der Waals surface area contributed by atoms with Crippen molar-refractivity contribution in [3.8, 4) is 0 Å². The number of ether oxygens (including phenoxy) is 2. The Hall–Kier alpha value is -2.60. The van der Waals surface area contributed by atoms with E-state index in [0.29, 0.717) is 17.6 Å². The molecule has 1 N–H and O–H groups in total. The van der Waals surface area contributed by atoms with Gasteiger partial charge in [-0.3, -0.25) is 4.79 Å². The van der Waals surface area contributed by atoms with Gasteiger partial charge in [0.25, 0.3) is 0 Å². The fraction of sp³-hybridized carbons (Fsp3) is 0.500. The average Bonchev–Trinajstić information content (AvgIpc) is 3.25. The Bertz CT molecular complexity index is 892. The van der Waals surface area contributed by atoms with Crippen molar-refractivity contribution < 1.29 is 19.1 Å². The van der Waals surface area contributed by atoms with Crippen molar-refractivity contribution in [3.63, 3.8) is 0 Å². The molecule has 2 atom stereocenters. The third kappa shape index (κ3) is 4.01. The van der Waals surface area contributed by atoms with E-state index in [4.69, 9.17) is 9.47 Å². The molecule has 4 rings (SSSR count). The van der Waals surface area contributed by atoms with E-state index < -0.39 is 5.92 Å². The van der Waals surface area contributed by atoms with Gasteiger partial charge in [-0.1, -0.05) is 12.1 Å². The maximum atomic E-state index is 13.2. The predicted molar refractivity (Wildman–Crippen MR) is 115 cm³/mol. The number of esters is 1. The summed E-state index contributed by atoms with van der Waals surface area (Å²) in [4.78, 5) is 28.1. The molecule has 30 heavy (non-hydrogen) atoms. The number of dihydropyridines is 1. The van der Waals surface area contributed by atoms with E-state index >= 15 is 0 Å². The summed E-state index contributed by atoms with van der Waals surface area (Å²) >= 11 is 0. The molecule has 0 saturated carbocycles. The Balaban J connectivity index is 1.68. The third-order valence-corrected chi connectivity index (χ3v) is 6.16. The molecule has 1 saturated heterocycles. The molecule has 0 radical (unpaired) electrons. The van der Waals surface area contributed by atoms with Gasteiger partial charge in [-0.2, -0.15) is 0 Å². The number of Topliss-reactive ketones (excluding diaryl/α,β-unsaturated/α-hetero) is 1. The molecule has 1 aliphatic carbocycles. The molecule has 6 heteroatoms. The molecule has 2 aliphatic heterocycles. The van der Waals surface area contributed by atoms with Gasteiger partial charge in [0.1, 0.15) is 6.61 Å². The van der Waals surface area contributed by atoms with Crippen LogP contribution in [0.2, 0.25) is 0 Å². The molecule has 2 heterocycles. The van der Waals surface area contributed by atoms with Gasteiger partial charge in [-0.15, -0.1) is 0 Å². The van der Waals surface area contributed by atoms with Crippen LogP contribution in [0.15, 0.2) is 46.8 Å². The second-order valence-electron chi connectivity index (χ2n) is 8.49. The van der Waals surface area contributed by atoms with Crippen LogP contribution in [0.4, 0.5) is 5.69 Å². The van der Waals surface area contributed by atoms with E-state index in [1.54, 1.807) is 0 Å². The first-order chi connectivity index (χ1) is 14.5. The van der Waals surface area contributed by atoms with Crippen molar-refractivity contribution in [1.29, 1.82) is 0 Å². The fourth-order valence-corrected chi connectivity index (χ4v) is 4.57. The lowest BCUT2D eigenvalue weighted by molar-refractivity contribution is -0.142. The third-order valence-electron chi connectivity index (χ3n) is 6.16. The number of benzene rings is 1. The van der Waals surface area contributed by atoms with Gasteiger partial charge in [-0.05, 0) is 50.3 Å². The van der Waals surface area contributed by atoms with Gasteiger partial charge in [0.2, 0.25) is 0 Å². The zero-order chi connectivity index (χ0) is 21.3. The summed E-state index contributed by atoms with van der Waals surface area (Å²) in [7, 11) is 3.98. The minimum atomic E-state index is -0.401. The monoisotopic (exact) mass is 410 g/mol. The fourth-order valence-electron chi connectivity index (χ4n) is 4.57. The van der Waals surface area contributed by atoms with Crippen LogP contribution in [-0.4, -0.2) is 45.2 Å². The van der Waals surface area contributed by atoms with Crippen LogP contribution in [0.5, 0.6) is 0 Å². The molecule has 1 aromatic rings. The smallest absolute Gasteiger partial charge is 0.336 e. The van der Waals surface area contributed by atoms with Crippen molar-refractivity contribution in [2.24, 2.45) is 0 Å². The van der Waals surface area contributed by atoms with E-state index in [9.17, 15) is 9.59 Å². The highest BCUT2D eigenvalue weighted by atomic mass is 16.6. The Morgan fingerprint density at radius 1 is 1.20 bits per heavy atom. The molecule has 160 valence electrons. The average molecular weight is 411 g/mol. The highest BCUT2D eigenvalue weighted by Crippen LogP contribution is 2.42. The van der Waals surface area contributed by atoms with Crippen LogP contribution in [-0.2, 0) is 19.1 Å². The number of nitrogens with zero attached hydrogens (tertiary/aromatic N) is 1. The Labute approximate surface area is 177 Å². The number of hydrogen-bond acceptors (Lipinski definition) is 6. The number of carbonyl (C=O) groups is 2. The number of anilines is 1. The van der Waals surface area contributed by atoms with E-state index in [-0.39, 0.29) is 24.5 Å². The first-order valence-electron chi connectivity index (χ1n) is 10.8. The quantitative estimate of drug-likeness (QED) is 0.750. The molecular weight excluding hydrogens is 380 g/mol. The number of allylic oxidation sites excluding steroid dienone is 3. The van der Waals surface area contributed by atoms with Crippen molar-refractivity contribution in [2.75, 3.05) is 32.2 Å². The molecule has 0 aromatic heterocycles. The lowest BCUT2D eigenvalue weighted by atomic mass is 9.75. The Kier molecular flexibility index (Phi) is 5.95. The minimum absolute atomic E-state index is 0.0321. The standard InChI is InChI=1S/C24H30N2O4/c1-15-21(24(28)30-14-18-6-5-13-29-18)22(16-9-11-17(12-10-16)26(2)3)23-19(25-15)7-4-8-20(23)27/h9-12,18,22,25H,4-8,13-14H2,1-3H3/t18-,22-/m1/s1. The molecule has 0 spiro atoms. The first-order valence-corrected chi connectivity index (χ1v) is 10.8. The summed E-state index contributed by atoms with van der Waals surface area (Å²) in [6.07, 6.45) is 4.05. The lowest BCUT2D eigenvalue weighted by Crippen LogP contribution is -2.35. The number of rotatable bonds is 5. The SMILES string of the molecule is CC1=C(C(=O)OC[C@H]2CCCO2)[C@@H](c2ccc(N(C)C)cc2)C2=C(CCCC2=O)N1. The summed E-state index contributed by atoms with van der Waals surface area (Å²) < 4.78 is 11.3. The van der Waals surface area contributed by atoms with Gasteiger partial charge in [0.15, 0.2) is 5.78 Å². The molecular formula is C24H30N2O4. The zero-order valence-electron chi connectivity index (χ0n) is 18.0. The van der Waals surface area contributed by atoms with E-state index in [2.05, 4.69) is 5.32 Å². The minimum Gasteiger partial charge on any atom is -0.459 e. The van der Waals surface area contributed by atoms with Gasteiger partial charge in [0.05, 0.1) is 11.7 Å². The molecule has 0 unspecified atom stereocenters. The van der Waals surface area contributed by atoms with Gasteiger partial charge < -0.3 is 19.7 Å². The maximum Gasteiger partial charge on any atom is 0.336 e. The van der Waals surface area contributed by atoms with Crippen LogP contribution in [0.1, 0.15) is 50.5 Å². The van der Waals surface area contributed by atoms with Crippen LogP contribution >= 0.6 is 0 Å². The molecule has 0 bridgehead atoms. The van der Waals surface area contributed by atoms with Crippen molar-refractivity contribution in [3.05, 3.63) is 52.4 Å².